The van der Waals surface area contributed by atoms with Gasteiger partial charge in [0.1, 0.15) is 0 Å². The molecule has 2 aromatic carbocycles. The van der Waals surface area contributed by atoms with Crippen LogP contribution in [0, 0.1) is 0 Å². The number of anilines is 1. The molecule has 0 aliphatic carbocycles. The number of halogens is 1. The molecule has 1 aliphatic rings. The van der Waals surface area contributed by atoms with Crippen LogP contribution >= 0.6 is 11.6 Å². The molecule has 0 spiro atoms. The topological polar surface area (TPSA) is 59.2 Å². The second-order valence-electron chi connectivity index (χ2n) is 6.36. The quantitative estimate of drug-likeness (QED) is 0.682. The molecule has 0 radical (unpaired) electrons. The van der Waals surface area contributed by atoms with Gasteiger partial charge >= 0.3 is 0 Å². The fourth-order valence-electron chi connectivity index (χ4n) is 3.19. The molecular formula is C20H18ClN3O2. The molecule has 0 N–H and O–H groups in total. The van der Waals surface area contributed by atoms with Gasteiger partial charge in [-0.3, -0.25) is 4.79 Å². The van der Waals surface area contributed by atoms with Gasteiger partial charge in [-0.25, -0.2) is 0 Å². The second-order valence-corrected chi connectivity index (χ2v) is 6.77. The van der Waals surface area contributed by atoms with Crippen LogP contribution in [0.25, 0.3) is 11.5 Å². The minimum absolute atomic E-state index is 0.0725. The first-order valence-electron chi connectivity index (χ1n) is 8.63. The lowest BCUT2D eigenvalue weighted by atomic mass is 10.1. The molecule has 0 bridgehead atoms. The van der Waals surface area contributed by atoms with Crippen molar-refractivity contribution in [3.63, 3.8) is 0 Å². The first-order chi connectivity index (χ1) is 12.7. The van der Waals surface area contributed by atoms with E-state index in [4.69, 9.17) is 16.1 Å². The van der Waals surface area contributed by atoms with E-state index in [0.717, 1.165) is 12.1 Å². The summed E-state index contributed by atoms with van der Waals surface area (Å²) in [5.41, 5.74) is 2.85. The molecule has 3 aromatic rings. The lowest BCUT2D eigenvalue weighted by molar-refractivity contribution is -0.117. The van der Waals surface area contributed by atoms with Crippen LogP contribution < -0.4 is 4.90 Å². The second kappa shape index (κ2) is 6.92. The molecule has 1 atom stereocenters. The Hall–Kier alpha value is -2.66. The highest BCUT2D eigenvalue weighted by molar-refractivity contribution is 6.33. The van der Waals surface area contributed by atoms with Gasteiger partial charge in [-0.15, -0.1) is 0 Å². The van der Waals surface area contributed by atoms with Gasteiger partial charge in [-0.05, 0) is 36.2 Å². The Morgan fingerprint density at radius 1 is 1.19 bits per heavy atom. The number of benzene rings is 2. The van der Waals surface area contributed by atoms with E-state index in [9.17, 15) is 4.79 Å². The van der Waals surface area contributed by atoms with E-state index in [2.05, 4.69) is 29.2 Å². The highest BCUT2D eigenvalue weighted by Gasteiger charge is 2.34. The van der Waals surface area contributed by atoms with Crippen molar-refractivity contribution in [3.05, 3.63) is 64.9 Å². The Balaban J connectivity index is 1.55. The molecule has 1 saturated heterocycles. The molecular weight excluding hydrogens is 350 g/mol. The molecule has 26 heavy (non-hydrogen) atoms. The van der Waals surface area contributed by atoms with E-state index >= 15 is 0 Å². The molecule has 2 heterocycles. The summed E-state index contributed by atoms with van der Waals surface area (Å²) in [6.45, 7) is 2.66. The van der Waals surface area contributed by atoms with Gasteiger partial charge in [-0.2, -0.15) is 4.98 Å². The van der Waals surface area contributed by atoms with Crippen molar-refractivity contribution in [2.24, 2.45) is 0 Å². The number of rotatable bonds is 4. The van der Waals surface area contributed by atoms with E-state index in [1.807, 2.05) is 30.3 Å². The Bertz CT molecular complexity index is 936. The highest BCUT2D eigenvalue weighted by atomic mass is 35.5. The van der Waals surface area contributed by atoms with E-state index in [0.29, 0.717) is 35.3 Å². The maximum Gasteiger partial charge on any atom is 0.259 e. The summed E-state index contributed by atoms with van der Waals surface area (Å²) in [7, 11) is 0. The zero-order valence-electron chi connectivity index (χ0n) is 14.4. The van der Waals surface area contributed by atoms with Crippen LogP contribution in [0.5, 0.6) is 0 Å². The third kappa shape index (κ3) is 3.10. The van der Waals surface area contributed by atoms with Gasteiger partial charge in [0.25, 0.3) is 5.89 Å². The van der Waals surface area contributed by atoms with Crippen molar-refractivity contribution in [2.45, 2.75) is 25.7 Å². The summed E-state index contributed by atoms with van der Waals surface area (Å²) in [6, 6.07) is 15.4. The minimum atomic E-state index is -0.0895. The molecule has 5 nitrogen and oxygen atoms in total. The monoisotopic (exact) mass is 367 g/mol. The lowest BCUT2D eigenvalue weighted by Crippen LogP contribution is -2.24. The molecule has 0 saturated carbocycles. The van der Waals surface area contributed by atoms with Crippen molar-refractivity contribution >= 4 is 23.2 Å². The van der Waals surface area contributed by atoms with Crippen molar-refractivity contribution in [2.75, 3.05) is 11.4 Å². The fraction of sp³-hybridized carbons (Fsp3) is 0.250. The van der Waals surface area contributed by atoms with Gasteiger partial charge in [0, 0.05) is 24.6 Å². The van der Waals surface area contributed by atoms with Crippen molar-refractivity contribution in [3.8, 4) is 11.5 Å². The number of carbonyl (C=O) groups is 1. The average molecular weight is 368 g/mol. The number of hydrogen-bond donors (Lipinski definition) is 0. The van der Waals surface area contributed by atoms with Crippen LogP contribution in [0.2, 0.25) is 5.02 Å². The lowest BCUT2D eigenvalue weighted by Gasteiger charge is -2.16. The Kier molecular flexibility index (Phi) is 4.47. The molecule has 1 amide bonds. The molecule has 132 valence electrons. The van der Waals surface area contributed by atoms with Gasteiger partial charge in [0.05, 0.1) is 10.6 Å². The van der Waals surface area contributed by atoms with Crippen molar-refractivity contribution < 1.29 is 9.32 Å². The predicted octanol–water partition coefficient (Wildman–Crippen LogP) is 4.47. The van der Waals surface area contributed by atoms with Crippen LogP contribution in [0.4, 0.5) is 5.69 Å². The van der Waals surface area contributed by atoms with E-state index < -0.39 is 0 Å². The zero-order valence-corrected chi connectivity index (χ0v) is 15.1. The van der Waals surface area contributed by atoms with Crippen LogP contribution in [-0.2, 0) is 11.2 Å². The number of hydrogen-bond acceptors (Lipinski definition) is 4. The standard InChI is InChI=1S/C20H18ClN3O2/c1-2-13-7-9-15(10-8-13)24-12-14(11-18(24)25)19-22-20(26-23-19)16-5-3-4-6-17(16)21/h3-10,14H,2,11-12H2,1H3/t14-/m1/s1. The predicted molar refractivity (Wildman–Crippen MR) is 100 cm³/mol. The van der Waals surface area contributed by atoms with Gasteiger partial charge in [-0.1, -0.05) is 47.9 Å². The minimum Gasteiger partial charge on any atom is -0.334 e. The molecule has 1 aliphatic heterocycles. The van der Waals surface area contributed by atoms with E-state index in [1.54, 1.807) is 11.0 Å². The summed E-state index contributed by atoms with van der Waals surface area (Å²) >= 11 is 6.19. The van der Waals surface area contributed by atoms with Crippen LogP contribution in [0.3, 0.4) is 0 Å². The largest absolute Gasteiger partial charge is 0.334 e. The Morgan fingerprint density at radius 2 is 1.96 bits per heavy atom. The smallest absolute Gasteiger partial charge is 0.259 e. The molecule has 1 aromatic heterocycles. The number of aromatic nitrogens is 2. The molecule has 1 fully saturated rings. The third-order valence-corrected chi connectivity index (χ3v) is 5.02. The van der Waals surface area contributed by atoms with Crippen molar-refractivity contribution in [1.82, 2.24) is 10.1 Å². The number of aryl methyl sites for hydroxylation is 1. The fourth-order valence-corrected chi connectivity index (χ4v) is 3.40. The average Bonchev–Trinajstić information content (AvgIpc) is 3.29. The molecule has 6 heteroatoms. The number of carbonyl (C=O) groups excluding carboxylic acids is 1. The van der Waals surface area contributed by atoms with Crippen LogP contribution in [0.1, 0.15) is 30.7 Å². The zero-order chi connectivity index (χ0) is 18.1. The SMILES string of the molecule is CCc1ccc(N2C[C@H](c3noc(-c4ccccc4Cl)n3)CC2=O)cc1. The summed E-state index contributed by atoms with van der Waals surface area (Å²) < 4.78 is 5.38. The maximum absolute atomic E-state index is 12.5. The summed E-state index contributed by atoms with van der Waals surface area (Å²) in [6.07, 6.45) is 1.35. The van der Waals surface area contributed by atoms with Crippen molar-refractivity contribution in [1.29, 1.82) is 0 Å². The van der Waals surface area contributed by atoms with Gasteiger partial charge < -0.3 is 9.42 Å². The Morgan fingerprint density at radius 3 is 2.69 bits per heavy atom. The third-order valence-electron chi connectivity index (χ3n) is 4.69. The van der Waals surface area contributed by atoms with E-state index in [-0.39, 0.29) is 11.8 Å². The van der Waals surface area contributed by atoms with Crippen LogP contribution in [0.15, 0.2) is 53.1 Å². The normalized spacial score (nSPS) is 17.1. The first kappa shape index (κ1) is 16.8. The highest BCUT2D eigenvalue weighted by Crippen LogP contribution is 2.33. The number of amides is 1. The van der Waals surface area contributed by atoms with E-state index in [1.165, 1.54) is 5.56 Å². The summed E-state index contributed by atoms with van der Waals surface area (Å²) in [5.74, 6) is 0.904. The first-order valence-corrected chi connectivity index (χ1v) is 9.01. The molecule has 0 unspecified atom stereocenters. The summed E-state index contributed by atoms with van der Waals surface area (Å²) in [5, 5.41) is 4.64. The van der Waals surface area contributed by atoms with Gasteiger partial charge in [0.2, 0.25) is 5.91 Å². The Labute approximate surface area is 156 Å². The van der Waals surface area contributed by atoms with Crippen LogP contribution in [-0.4, -0.2) is 22.6 Å². The summed E-state index contributed by atoms with van der Waals surface area (Å²) in [4.78, 5) is 18.7. The number of nitrogens with zero attached hydrogens (tertiary/aromatic N) is 3. The molecule has 4 rings (SSSR count). The maximum atomic E-state index is 12.5. The van der Waals surface area contributed by atoms with Gasteiger partial charge in [0.15, 0.2) is 5.82 Å².